The summed E-state index contributed by atoms with van der Waals surface area (Å²) in [5, 5.41) is 0. The van der Waals surface area contributed by atoms with Crippen LogP contribution in [-0.2, 0) is 19.4 Å². The van der Waals surface area contributed by atoms with E-state index in [9.17, 15) is 17.6 Å². The Kier molecular flexibility index (Phi) is 3.01. The molecule has 6 heteroatoms. The van der Waals surface area contributed by atoms with E-state index in [0.717, 1.165) is 12.3 Å². The lowest BCUT2D eigenvalue weighted by atomic mass is 10.1. The van der Waals surface area contributed by atoms with E-state index in [2.05, 4.69) is 0 Å². The minimum atomic E-state index is -3.61. The van der Waals surface area contributed by atoms with Gasteiger partial charge in [0.2, 0.25) is 5.78 Å². The van der Waals surface area contributed by atoms with Crippen LogP contribution < -0.4 is 0 Å². The first-order chi connectivity index (χ1) is 8.61. The van der Waals surface area contributed by atoms with Gasteiger partial charge in [-0.25, -0.2) is 12.8 Å². The SMILES string of the molecule is CC1(C)OC(c2ccc(S(C)(=O)=O)c(F)c2)=CC1=O. The first kappa shape index (κ1) is 13.7. The van der Waals surface area contributed by atoms with Crippen molar-refractivity contribution in [2.24, 2.45) is 0 Å². The van der Waals surface area contributed by atoms with E-state index in [1.54, 1.807) is 13.8 Å². The van der Waals surface area contributed by atoms with Crippen molar-refractivity contribution in [3.05, 3.63) is 35.7 Å². The van der Waals surface area contributed by atoms with Gasteiger partial charge in [0.15, 0.2) is 15.4 Å². The summed E-state index contributed by atoms with van der Waals surface area (Å²) in [5.41, 5.74) is -0.634. The monoisotopic (exact) mass is 284 g/mol. The number of carbonyl (C=O) groups is 1. The second kappa shape index (κ2) is 4.16. The van der Waals surface area contributed by atoms with Crippen LogP contribution in [0.4, 0.5) is 4.39 Å². The third kappa shape index (κ3) is 2.53. The Balaban J connectivity index is 2.43. The zero-order valence-corrected chi connectivity index (χ0v) is 11.5. The minimum absolute atomic E-state index is 0.213. The molecule has 0 bridgehead atoms. The molecule has 0 unspecified atom stereocenters. The highest BCUT2D eigenvalue weighted by molar-refractivity contribution is 7.90. The molecule has 0 spiro atoms. The predicted molar refractivity (Wildman–Crippen MR) is 67.7 cm³/mol. The first-order valence-corrected chi connectivity index (χ1v) is 7.45. The van der Waals surface area contributed by atoms with E-state index < -0.39 is 21.3 Å². The largest absolute Gasteiger partial charge is 0.479 e. The Hall–Kier alpha value is -1.69. The molecule has 102 valence electrons. The van der Waals surface area contributed by atoms with Gasteiger partial charge < -0.3 is 4.74 Å². The Bertz CT molecular complexity index is 687. The zero-order valence-electron chi connectivity index (χ0n) is 10.7. The number of hydrogen-bond acceptors (Lipinski definition) is 4. The summed E-state index contributed by atoms with van der Waals surface area (Å²) in [6.07, 6.45) is 2.22. The third-order valence-corrected chi connectivity index (χ3v) is 3.97. The van der Waals surface area contributed by atoms with E-state index >= 15 is 0 Å². The lowest BCUT2D eigenvalue weighted by Gasteiger charge is -2.18. The molecule has 0 aliphatic carbocycles. The van der Waals surface area contributed by atoms with Crippen LogP contribution in [-0.4, -0.2) is 26.1 Å². The summed E-state index contributed by atoms with van der Waals surface area (Å²) < 4.78 is 41.8. The quantitative estimate of drug-likeness (QED) is 0.832. The Morgan fingerprint density at radius 1 is 1.26 bits per heavy atom. The van der Waals surface area contributed by atoms with Crippen molar-refractivity contribution in [2.75, 3.05) is 6.26 Å². The first-order valence-electron chi connectivity index (χ1n) is 5.56. The summed E-state index contributed by atoms with van der Waals surface area (Å²) in [7, 11) is -3.61. The van der Waals surface area contributed by atoms with E-state index in [4.69, 9.17) is 4.74 Å². The highest BCUT2D eigenvalue weighted by Crippen LogP contribution is 2.32. The van der Waals surface area contributed by atoms with Crippen LogP contribution in [0.25, 0.3) is 5.76 Å². The summed E-state index contributed by atoms with van der Waals surface area (Å²) in [6.45, 7) is 3.22. The van der Waals surface area contributed by atoms with Crippen molar-refractivity contribution in [2.45, 2.75) is 24.3 Å². The molecule has 1 aromatic carbocycles. The van der Waals surface area contributed by atoms with Crippen molar-refractivity contribution in [3.8, 4) is 0 Å². The summed E-state index contributed by atoms with van der Waals surface area (Å²) in [5.74, 6) is -0.828. The maximum Gasteiger partial charge on any atom is 0.202 e. The molecule has 1 aliphatic heterocycles. The van der Waals surface area contributed by atoms with Gasteiger partial charge in [-0.2, -0.15) is 0 Å². The molecule has 0 saturated heterocycles. The van der Waals surface area contributed by atoms with Crippen molar-refractivity contribution in [1.29, 1.82) is 0 Å². The van der Waals surface area contributed by atoms with Crippen LogP contribution in [0.15, 0.2) is 29.2 Å². The van der Waals surface area contributed by atoms with Crippen molar-refractivity contribution < 1.29 is 22.3 Å². The fourth-order valence-electron chi connectivity index (χ4n) is 1.74. The smallest absolute Gasteiger partial charge is 0.202 e. The number of carbonyl (C=O) groups excluding carboxylic acids is 1. The number of sulfone groups is 1. The number of benzene rings is 1. The Morgan fingerprint density at radius 2 is 1.89 bits per heavy atom. The molecule has 0 amide bonds. The Labute approximate surface area is 110 Å². The fourth-order valence-corrected chi connectivity index (χ4v) is 2.47. The molecule has 1 heterocycles. The van der Waals surface area contributed by atoms with Crippen LogP contribution in [0.2, 0.25) is 0 Å². The summed E-state index contributed by atoms with van der Waals surface area (Å²) in [4.78, 5) is 11.2. The highest BCUT2D eigenvalue weighted by atomic mass is 32.2. The highest BCUT2D eigenvalue weighted by Gasteiger charge is 2.35. The molecule has 1 aliphatic rings. The number of rotatable bonds is 2. The number of ketones is 1. The fraction of sp³-hybridized carbons (Fsp3) is 0.308. The average Bonchev–Trinajstić information content (AvgIpc) is 2.51. The molecule has 0 N–H and O–H groups in total. The third-order valence-electron chi connectivity index (χ3n) is 2.84. The molecule has 0 aromatic heterocycles. The summed E-state index contributed by atoms with van der Waals surface area (Å²) >= 11 is 0. The minimum Gasteiger partial charge on any atom is -0.479 e. The van der Waals surface area contributed by atoms with Gasteiger partial charge in [-0.1, -0.05) is 0 Å². The maximum absolute atomic E-state index is 13.7. The Morgan fingerprint density at radius 3 is 2.32 bits per heavy atom. The van der Waals surface area contributed by atoms with Crippen molar-refractivity contribution in [1.82, 2.24) is 0 Å². The zero-order chi connectivity index (χ0) is 14.4. The van der Waals surface area contributed by atoms with Gasteiger partial charge in [0.25, 0.3) is 0 Å². The van der Waals surface area contributed by atoms with Crippen LogP contribution in [0.5, 0.6) is 0 Å². The van der Waals surface area contributed by atoms with Gasteiger partial charge in [-0.05, 0) is 32.0 Å². The predicted octanol–water partition coefficient (Wildman–Crippen LogP) is 1.95. The maximum atomic E-state index is 13.7. The van der Waals surface area contributed by atoms with Crippen LogP contribution in [0.3, 0.4) is 0 Å². The molecular weight excluding hydrogens is 271 g/mol. The molecule has 1 aromatic rings. The molecule has 0 atom stereocenters. The van der Waals surface area contributed by atoms with Gasteiger partial charge in [-0.15, -0.1) is 0 Å². The molecule has 0 saturated carbocycles. The number of ether oxygens (including phenoxy) is 1. The topological polar surface area (TPSA) is 60.4 Å². The number of halogens is 1. The second-order valence-electron chi connectivity index (χ2n) is 4.90. The lowest BCUT2D eigenvalue weighted by molar-refractivity contribution is -0.125. The average molecular weight is 284 g/mol. The van der Waals surface area contributed by atoms with Gasteiger partial charge in [0, 0.05) is 17.9 Å². The van der Waals surface area contributed by atoms with E-state index in [1.165, 1.54) is 18.2 Å². The van der Waals surface area contributed by atoms with Gasteiger partial charge in [0.1, 0.15) is 16.5 Å². The normalized spacial score (nSPS) is 18.1. The van der Waals surface area contributed by atoms with E-state index in [0.29, 0.717) is 5.56 Å². The molecule has 2 rings (SSSR count). The van der Waals surface area contributed by atoms with Crippen LogP contribution in [0, 0.1) is 5.82 Å². The molecule has 0 fully saturated rings. The van der Waals surface area contributed by atoms with Crippen LogP contribution in [0.1, 0.15) is 19.4 Å². The molecule has 0 radical (unpaired) electrons. The standard InChI is InChI=1S/C13H13FO4S/c1-13(2)12(15)7-10(18-13)8-4-5-11(9(14)6-8)19(3,16)17/h4-7H,1-3H3. The van der Waals surface area contributed by atoms with E-state index in [-0.39, 0.29) is 16.4 Å². The van der Waals surface area contributed by atoms with Crippen molar-refractivity contribution in [3.63, 3.8) is 0 Å². The second-order valence-corrected chi connectivity index (χ2v) is 6.89. The number of hydrogen-bond donors (Lipinski definition) is 0. The summed E-state index contributed by atoms with van der Waals surface area (Å²) in [6, 6.07) is 3.64. The van der Waals surface area contributed by atoms with Gasteiger partial charge >= 0.3 is 0 Å². The lowest BCUT2D eigenvalue weighted by Crippen LogP contribution is -2.27. The van der Waals surface area contributed by atoms with Crippen molar-refractivity contribution >= 4 is 21.4 Å². The molecule has 19 heavy (non-hydrogen) atoms. The molecular formula is C13H13FO4S. The van der Waals surface area contributed by atoms with E-state index in [1.807, 2.05) is 0 Å². The van der Waals surface area contributed by atoms with Gasteiger partial charge in [0.05, 0.1) is 0 Å². The van der Waals surface area contributed by atoms with Crippen LogP contribution >= 0.6 is 0 Å². The molecule has 4 nitrogen and oxygen atoms in total. The van der Waals surface area contributed by atoms with Gasteiger partial charge in [-0.3, -0.25) is 4.79 Å².